The highest BCUT2D eigenvalue weighted by Gasteiger charge is 2.34. The number of primary sulfonamides is 1. The summed E-state index contributed by atoms with van der Waals surface area (Å²) in [4.78, 5) is 13.8. The summed E-state index contributed by atoms with van der Waals surface area (Å²) in [5, 5.41) is 5.52. The number of halogens is 1. The minimum Gasteiger partial charge on any atom is -0.482 e. The van der Waals surface area contributed by atoms with E-state index in [2.05, 4.69) is 0 Å². The molecule has 1 aliphatic rings. The number of nitrogens with zero attached hydrogens (tertiary/aromatic N) is 1. The van der Waals surface area contributed by atoms with Gasteiger partial charge in [0.25, 0.3) is 5.91 Å². The summed E-state index contributed by atoms with van der Waals surface area (Å²) in [5.74, 6) is 0.0972. The van der Waals surface area contributed by atoms with E-state index in [0.29, 0.717) is 23.9 Å². The Balaban J connectivity index is 1.90. The topological polar surface area (TPSA) is 89.7 Å². The number of amides is 1. The molecule has 122 valence electrons. The monoisotopic (exact) mass is 346 g/mol. The van der Waals surface area contributed by atoms with Gasteiger partial charge in [0.1, 0.15) is 5.75 Å². The fourth-order valence-electron chi connectivity index (χ4n) is 2.55. The first kappa shape index (κ1) is 17.1. The summed E-state index contributed by atoms with van der Waals surface area (Å²) in [6, 6.07) is 6.91. The van der Waals surface area contributed by atoms with Crippen LogP contribution in [0.4, 0.5) is 0 Å². The van der Waals surface area contributed by atoms with Crippen molar-refractivity contribution in [3.8, 4) is 5.75 Å². The molecule has 0 spiro atoms. The van der Waals surface area contributed by atoms with Gasteiger partial charge in [0.15, 0.2) is 6.61 Å². The van der Waals surface area contributed by atoms with Crippen LogP contribution < -0.4 is 9.88 Å². The van der Waals surface area contributed by atoms with Gasteiger partial charge in [0, 0.05) is 13.1 Å². The number of hydrogen-bond acceptors (Lipinski definition) is 4. The average molecular weight is 347 g/mol. The van der Waals surface area contributed by atoms with Crippen molar-refractivity contribution in [3.63, 3.8) is 0 Å². The van der Waals surface area contributed by atoms with E-state index in [1.807, 2.05) is 6.92 Å². The molecular formula is C14H19ClN2O4S. The molecule has 1 fully saturated rings. The number of benzene rings is 1. The number of ether oxygens (including phenoxy) is 1. The van der Waals surface area contributed by atoms with Crippen molar-refractivity contribution in [3.05, 3.63) is 29.3 Å². The van der Waals surface area contributed by atoms with E-state index in [0.717, 1.165) is 0 Å². The van der Waals surface area contributed by atoms with Gasteiger partial charge in [-0.2, -0.15) is 0 Å². The third-order valence-corrected chi connectivity index (χ3v) is 4.96. The summed E-state index contributed by atoms with van der Waals surface area (Å²) in [5.41, 5.74) is 0. The second kappa shape index (κ2) is 6.85. The molecule has 0 saturated carbocycles. The van der Waals surface area contributed by atoms with E-state index in [-0.39, 0.29) is 30.1 Å². The van der Waals surface area contributed by atoms with Crippen LogP contribution in [0.5, 0.6) is 5.75 Å². The van der Waals surface area contributed by atoms with Crippen molar-refractivity contribution >= 4 is 27.5 Å². The summed E-state index contributed by atoms with van der Waals surface area (Å²) in [7, 11) is -3.54. The Morgan fingerprint density at radius 1 is 1.41 bits per heavy atom. The van der Waals surface area contributed by atoms with Crippen LogP contribution in [-0.2, 0) is 14.8 Å². The Labute approximate surface area is 135 Å². The predicted octanol–water partition coefficient (Wildman–Crippen LogP) is 1.10. The maximum Gasteiger partial charge on any atom is 0.260 e. The van der Waals surface area contributed by atoms with Crippen LogP contribution in [0.2, 0.25) is 5.02 Å². The molecule has 1 saturated heterocycles. The molecular weight excluding hydrogens is 328 g/mol. The Hall–Kier alpha value is -1.31. The highest BCUT2D eigenvalue weighted by Crippen LogP contribution is 2.25. The zero-order valence-electron chi connectivity index (χ0n) is 12.2. The van der Waals surface area contributed by atoms with Gasteiger partial charge in [0.05, 0.1) is 10.8 Å². The van der Waals surface area contributed by atoms with Gasteiger partial charge in [-0.15, -0.1) is 0 Å². The molecule has 0 radical (unpaired) electrons. The number of para-hydroxylation sites is 1. The Kier molecular flexibility index (Phi) is 5.31. The Morgan fingerprint density at radius 3 is 2.73 bits per heavy atom. The molecule has 1 amide bonds. The summed E-state index contributed by atoms with van der Waals surface area (Å²) in [6.07, 6.45) is 0. The fraction of sp³-hybridized carbons (Fsp3) is 0.500. The Bertz CT molecular complexity index is 650. The molecule has 22 heavy (non-hydrogen) atoms. The van der Waals surface area contributed by atoms with E-state index in [1.54, 1.807) is 29.2 Å². The van der Waals surface area contributed by atoms with Crippen LogP contribution in [0, 0.1) is 11.8 Å². The maximum absolute atomic E-state index is 12.2. The number of sulfonamides is 1. The number of hydrogen-bond donors (Lipinski definition) is 1. The standard InChI is InChI=1S/C14H19ClN2O4S/c1-10-6-17(7-11(10)9-22(16,19)20)14(18)8-21-13-5-3-2-4-12(13)15/h2-5,10-11H,6-9H2,1H3,(H2,16,19,20)/t10-,11+/m1/s1. The molecule has 0 aromatic heterocycles. The number of nitrogens with two attached hydrogens (primary N) is 1. The lowest BCUT2D eigenvalue weighted by Crippen LogP contribution is -2.34. The first-order valence-electron chi connectivity index (χ1n) is 6.92. The number of carbonyl (C=O) groups is 1. The third-order valence-electron chi connectivity index (χ3n) is 3.75. The quantitative estimate of drug-likeness (QED) is 0.864. The molecule has 2 atom stereocenters. The smallest absolute Gasteiger partial charge is 0.260 e. The molecule has 1 aliphatic heterocycles. The van der Waals surface area contributed by atoms with Crippen LogP contribution in [0.15, 0.2) is 24.3 Å². The Morgan fingerprint density at radius 2 is 2.09 bits per heavy atom. The van der Waals surface area contributed by atoms with E-state index in [4.69, 9.17) is 21.5 Å². The van der Waals surface area contributed by atoms with E-state index in [9.17, 15) is 13.2 Å². The molecule has 1 aromatic carbocycles. The van der Waals surface area contributed by atoms with Gasteiger partial charge in [0.2, 0.25) is 10.0 Å². The van der Waals surface area contributed by atoms with Gasteiger partial charge in [-0.3, -0.25) is 4.79 Å². The van der Waals surface area contributed by atoms with Crippen molar-refractivity contribution in [2.45, 2.75) is 6.92 Å². The van der Waals surface area contributed by atoms with Gasteiger partial charge in [-0.05, 0) is 24.0 Å². The minimum atomic E-state index is -3.54. The fourth-order valence-corrected chi connectivity index (χ4v) is 3.77. The number of likely N-dealkylation sites (tertiary alicyclic amines) is 1. The lowest BCUT2D eigenvalue weighted by atomic mass is 10.0. The van der Waals surface area contributed by atoms with Crippen LogP contribution >= 0.6 is 11.6 Å². The second-order valence-electron chi connectivity index (χ2n) is 5.58. The maximum atomic E-state index is 12.2. The highest BCUT2D eigenvalue weighted by atomic mass is 35.5. The average Bonchev–Trinajstić information content (AvgIpc) is 2.77. The van der Waals surface area contributed by atoms with Crippen molar-refractivity contribution in [2.75, 3.05) is 25.4 Å². The summed E-state index contributed by atoms with van der Waals surface area (Å²) < 4.78 is 27.8. The normalized spacial score (nSPS) is 21.9. The zero-order chi connectivity index (χ0) is 16.3. The lowest BCUT2D eigenvalue weighted by molar-refractivity contribution is -0.132. The third kappa shape index (κ3) is 4.59. The summed E-state index contributed by atoms with van der Waals surface area (Å²) in [6.45, 7) is 2.67. The molecule has 0 unspecified atom stereocenters. The SMILES string of the molecule is C[C@@H]1CN(C(=O)COc2ccccc2Cl)C[C@H]1CS(N)(=O)=O. The molecule has 1 aromatic rings. The minimum absolute atomic E-state index is 0.0857. The predicted molar refractivity (Wildman–Crippen MR) is 84.2 cm³/mol. The first-order chi connectivity index (χ1) is 10.3. The van der Waals surface area contributed by atoms with Crippen molar-refractivity contribution in [1.29, 1.82) is 0 Å². The van der Waals surface area contributed by atoms with E-state index in [1.165, 1.54) is 0 Å². The zero-order valence-corrected chi connectivity index (χ0v) is 13.8. The van der Waals surface area contributed by atoms with Gasteiger partial charge >= 0.3 is 0 Å². The van der Waals surface area contributed by atoms with Crippen molar-refractivity contribution in [2.24, 2.45) is 17.0 Å². The molecule has 1 heterocycles. The van der Waals surface area contributed by atoms with Gasteiger partial charge in [-0.1, -0.05) is 30.7 Å². The molecule has 8 heteroatoms. The van der Waals surface area contributed by atoms with Crippen molar-refractivity contribution in [1.82, 2.24) is 4.90 Å². The lowest BCUT2D eigenvalue weighted by Gasteiger charge is -2.17. The molecule has 2 rings (SSSR count). The molecule has 6 nitrogen and oxygen atoms in total. The van der Waals surface area contributed by atoms with Crippen LogP contribution in [-0.4, -0.2) is 44.7 Å². The highest BCUT2D eigenvalue weighted by molar-refractivity contribution is 7.89. The molecule has 0 bridgehead atoms. The van der Waals surface area contributed by atoms with E-state index >= 15 is 0 Å². The number of carbonyl (C=O) groups excluding carboxylic acids is 1. The van der Waals surface area contributed by atoms with E-state index < -0.39 is 10.0 Å². The molecule has 2 N–H and O–H groups in total. The van der Waals surface area contributed by atoms with Crippen LogP contribution in [0.1, 0.15) is 6.92 Å². The van der Waals surface area contributed by atoms with Crippen LogP contribution in [0.25, 0.3) is 0 Å². The second-order valence-corrected chi connectivity index (χ2v) is 7.65. The number of rotatable bonds is 5. The first-order valence-corrected chi connectivity index (χ1v) is 9.01. The van der Waals surface area contributed by atoms with Gasteiger partial charge in [-0.25, -0.2) is 13.6 Å². The van der Waals surface area contributed by atoms with Gasteiger partial charge < -0.3 is 9.64 Å². The molecule has 0 aliphatic carbocycles. The van der Waals surface area contributed by atoms with Crippen LogP contribution in [0.3, 0.4) is 0 Å². The largest absolute Gasteiger partial charge is 0.482 e. The van der Waals surface area contributed by atoms with Crippen molar-refractivity contribution < 1.29 is 17.9 Å². The summed E-state index contributed by atoms with van der Waals surface area (Å²) >= 11 is 5.96.